The first-order chi connectivity index (χ1) is 12.9. The predicted molar refractivity (Wildman–Crippen MR) is 96.3 cm³/mol. The van der Waals surface area contributed by atoms with Crippen LogP contribution in [-0.2, 0) is 9.53 Å². The third kappa shape index (κ3) is 3.93. The highest BCUT2D eigenvalue weighted by atomic mass is 19.1. The largest absolute Gasteiger partial charge is 0.497 e. The van der Waals surface area contributed by atoms with E-state index in [4.69, 9.17) is 9.47 Å². The number of carboxylic acids is 1. The summed E-state index contributed by atoms with van der Waals surface area (Å²) >= 11 is 0. The van der Waals surface area contributed by atoms with Gasteiger partial charge in [0.15, 0.2) is 0 Å². The maximum absolute atomic E-state index is 14.6. The van der Waals surface area contributed by atoms with Gasteiger partial charge in [0.25, 0.3) is 5.91 Å². The van der Waals surface area contributed by atoms with Gasteiger partial charge in [-0.3, -0.25) is 4.79 Å². The number of benzene rings is 2. The van der Waals surface area contributed by atoms with Gasteiger partial charge in [0.1, 0.15) is 17.1 Å². The molecule has 7 heteroatoms. The van der Waals surface area contributed by atoms with Crippen LogP contribution in [0.4, 0.5) is 4.39 Å². The Bertz CT molecular complexity index is 844. The van der Waals surface area contributed by atoms with Crippen molar-refractivity contribution in [2.75, 3.05) is 20.3 Å². The average Bonchev–Trinajstić information content (AvgIpc) is 2.68. The van der Waals surface area contributed by atoms with Crippen molar-refractivity contribution in [3.63, 3.8) is 0 Å². The topological polar surface area (TPSA) is 84.9 Å². The highest BCUT2D eigenvalue weighted by Gasteiger charge is 2.42. The Hall–Kier alpha value is -2.93. The van der Waals surface area contributed by atoms with Crippen molar-refractivity contribution in [1.82, 2.24) is 5.32 Å². The van der Waals surface area contributed by atoms with Gasteiger partial charge in [-0.2, -0.15) is 0 Å². The highest BCUT2D eigenvalue weighted by molar-refractivity contribution is 5.98. The molecule has 2 aromatic carbocycles. The minimum atomic E-state index is -1.43. The van der Waals surface area contributed by atoms with Crippen molar-refractivity contribution in [3.05, 3.63) is 53.8 Å². The monoisotopic (exact) mass is 373 g/mol. The van der Waals surface area contributed by atoms with Crippen LogP contribution in [0.1, 0.15) is 23.2 Å². The van der Waals surface area contributed by atoms with Crippen LogP contribution in [0.5, 0.6) is 5.75 Å². The second kappa shape index (κ2) is 7.75. The molecule has 0 radical (unpaired) electrons. The lowest BCUT2D eigenvalue weighted by Crippen LogP contribution is -2.57. The van der Waals surface area contributed by atoms with Gasteiger partial charge in [0, 0.05) is 26.1 Å². The lowest BCUT2D eigenvalue weighted by Gasteiger charge is -2.33. The molecule has 1 saturated heterocycles. The molecule has 1 aliphatic rings. The fraction of sp³-hybridized carbons (Fsp3) is 0.300. The molecule has 0 aliphatic carbocycles. The van der Waals surface area contributed by atoms with Gasteiger partial charge in [0.05, 0.1) is 12.7 Å². The maximum Gasteiger partial charge on any atom is 0.329 e. The first kappa shape index (κ1) is 18.8. The molecule has 0 bridgehead atoms. The number of hydrogen-bond donors (Lipinski definition) is 2. The number of amides is 1. The second-order valence-electron chi connectivity index (χ2n) is 6.38. The molecule has 1 aliphatic heterocycles. The van der Waals surface area contributed by atoms with E-state index in [2.05, 4.69) is 5.32 Å². The van der Waals surface area contributed by atoms with E-state index in [1.54, 1.807) is 37.4 Å². The molecule has 0 atom stereocenters. The molecule has 0 saturated carbocycles. The first-order valence-electron chi connectivity index (χ1n) is 8.53. The predicted octanol–water partition coefficient (Wildman–Crippen LogP) is 2.86. The van der Waals surface area contributed by atoms with Crippen molar-refractivity contribution < 1.29 is 28.6 Å². The zero-order valence-electron chi connectivity index (χ0n) is 14.8. The van der Waals surface area contributed by atoms with Gasteiger partial charge in [-0.1, -0.05) is 18.2 Å². The van der Waals surface area contributed by atoms with E-state index in [1.807, 2.05) is 0 Å². The lowest BCUT2D eigenvalue weighted by atomic mass is 9.89. The smallest absolute Gasteiger partial charge is 0.329 e. The Labute approximate surface area is 155 Å². The van der Waals surface area contributed by atoms with Gasteiger partial charge in [-0.15, -0.1) is 0 Å². The molecule has 142 valence electrons. The molecule has 1 amide bonds. The molecular formula is C20H20FNO5. The molecule has 2 aromatic rings. The van der Waals surface area contributed by atoms with Crippen LogP contribution in [0.15, 0.2) is 42.5 Å². The Kier molecular flexibility index (Phi) is 5.41. The van der Waals surface area contributed by atoms with Gasteiger partial charge < -0.3 is 19.9 Å². The Morgan fingerprint density at radius 3 is 2.30 bits per heavy atom. The van der Waals surface area contributed by atoms with Crippen LogP contribution in [0, 0.1) is 5.82 Å². The molecule has 6 nitrogen and oxygen atoms in total. The summed E-state index contributed by atoms with van der Waals surface area (Å²) in [5, 5.41) is 12.0. The number of hydrogen-bond acceptors (Lipinski definition) is 4. The van der Waals surface area contributed by atoms with E-state index in [0.29, 0.717) is 11.3 Å². The zero-order chi connectivity index (χ0) is 19.4. The molecule has 1 heterocycles. The Morgan fingerprint density at radius 1 is 1.11 bits per heavy atom. The lowest BCUT2D eigenvalue weighted by molar-refractivity contribution is -0.148. The van der Waals surface area contributed by atoms with E-state index >= 15 is 0 Å². The first-order valence-corrected chi connectivity index (χ1v) is 8.53. The molecule has 1 fully saturated rings. The molecule has 2 N–H and O–H groups in total. The van der Waals surface area contributed by atoms with Gasteiger partial charge in [-0.05, 0) is 35.4 Å². The van der Waals surface area contributed by atoms with E-state index < -0.39 is 23.2 Å². The molecule has 27 heavy (non-hydrogen) atoms. The normalized spacial score (nSPS) is 15.8. The molecule has 3 rings (SSSR count). The van der Waals surface area contributed by atoms with Crippen LogP contribution < -0.4 is 10.1 Å². The minimum absolute atomic E-state index is 0.139. The molecular weight excluding hydrogens is 353 g/mol. The van der Waals surface area contributed by atoms with E-state index in [1.165, 1.54) is 12.1 Å². The number of aliphatic carboxylic acids is 1. The van der Waals surface area contributed by atoms with Crippen molar-refractivity contribution in [3.8, 4) is 16.9 Å². The number of methoxy groups -OCH3 is 1. The van der Waals surface area contributed by atoms with Crippen LogP contribution in [-0.4, -0.2) is 42.8 Å². The summed E-state index contributed by atoms with van der Waals surface area (Å²) in [5.41, 5.74) is -0.255. The van der Waals surface area contributed by atoms with Gasteiger partial charge in [0.2, 0.25) is 0 Å². The molecule has 0 aromatic heterocycles. The van der Waals surface area contributed by atoms with E-state index in [-0.39, 0.29) is 31.6 Å². The number of carboxylic acid groups (broad SMARTS) is 1. The summed E-state index contributed by atoms with van der Waals surface area (Å²) in [5.74, 6) is -1.92. The highest BCUT2D eigenvalue weighted by Crippen LogP contribution is 2.26. The summed E-state index contributed by atoms with van der Waals surface area (Å²) in [6, 6.07) is 11.3. The van der Waals surface area contributed by atoms with Crippen LogP contribution in [0.2, 0.25) is 0 Å². The number of rotatable bonds is 5. The number of nitrogens with one attached hydrogen (secondary N) is 1. The zero-order valence-corrected chi connectivity index (χ0v) is 14.8. The van der Waals surface area contributed by atoms with Crippen LogP contribution in [0.25, 0.3) is 11.1 Å². The number of halogens is 1. The van der Waals surface area contributed by atoms with Crippen molar-refractivity contribution in [2.24, 2.45) is 0 Å². The average molecular weight is 373 g/mol. The fourth-order valence-corrected chi connectivity index (χ4v) is 3.06. The van der Waals surface area contributed by atoms with Crippen LogP contribution in [0.3, 0.4) is 0 Å². The van der Waals surface area contributed by atoms with E-state index in [9.17, 15) is 19.1 Å². The van der Waals surface area contributed by atoms with Crippen LogP contribution >= 0.6 is 0 Å². The van der Waals surface area contributed by atoms with E-state index in [0.717, 1.165) is 5.56 Å². The fourth-order valence-electron chi connectivity index (χ4n) is 3.06. The Morgan fingerprint density at radius 2 is 1.74 bits per heavy atom. The summed E-state index contributed by atoms with van der Waals surface area (Å²) in [6.07, 6.45) is 0.277. The minimum Gasteiger partial charge on any atom is -0.497 e. The number of carbonyl (C=O) groups is 2. The van der Waals surface area contributed by atoms with Crippen molar-refractivity contribution >= 4 is 11.9 Å². The van der Waals surface area contributed by atoms with Crippen molar-refractivity contribution in [2.45, 2.75) is 18.4 Å². The van der Waals surface area contributed by atoms with Gasteiger partial charge >= 0.3 is 5.97 Å². The quantitative estimate of drug-likeness (QED) is 0.842. The summed E-state index contributed by atoms with van der Waals surface area (Å²) in [4.78, 5) is 24.1. The second-order valence-corrected chi connectivity index (χ2v) is 6.38. The number of carbonyl (C=O) groups excluding carboxylic acids is 1. The van der Waals surface area contributed by atoms with Crippen molar-refractivity contribution in [1.29, 1.82) is 0 Å². The maximum atomic E-state index is 14.6. The third-order valence-corrected chi connectivity index (χ3v) is 4.75. The summed E-state index contributed by atoms with van der Waals surface area (Å²) in [7, 11) is 1.56. The molecule has 0 spiro atoms. The van der Waals surface area contributed by atoms with Gasteiger partial charge in [-0.25, -0.2) is 9.18 Å². The number of ether oxygens (including phenoxy) is 2. The Balaban J connectivity index is 1.82. The summed E-state index contributed by atoms with van der Waals surface area (Å²) in [6.45, 7) is 0.455. The summed E-state index contributed by atoms with van der Waals surface area (Å²) < 4.78 is 24.8. The third-order valence-electron chi connectivity index (χ3n) is 4.75. The standard InChI is InChI=1S/C20H20FNO5/c1-26-15-5-2-13(3-6-15)14-4-7-16(17(21)12-14)18(23)22-20(19(24)25)8-10-27-11-9-20/h2-7,12H,8-11H2,1H3,(H,22,23)(H,24,25). The molecule has 0 unspecified atom stereocenters. The SMILES string of the molecule is COc1ccc(-c2ccc(C(=O)NC3(C(=O)O)CCOCC3)c(F)c2)cc1.